The Morgan fingerprint density at radius 3 is 2.21 bits per heavy atom. The van der Waals surface area contributed by atoms with Gasteiger partial charge in [0.05, 0.1) is 5.69 Å². The lowest BCUT2D eigenvalue weighted by Gasteiger charge is -2.07. The number of anilines is 2. The Hall–Kier alpha value is -3.41. The monoisotopic (exact) mass is 388 g/mol. The van der Waals surface area contributed by atoms with Crippen molar-refractivity contribution >= 4 is 23.2 Å². The van der Waals surface area contributed by atoms with Gasteiger partial charge in [0.2, 0.25) is 5.91 Å². The zero-order valence-electron chi connectivity index (χ0n) is 16.4. The van der Waals surface area contributed by atoms with E-state index >= 15 is 0 Å². The van der Waals surface area contributed by atoms with Gasteiger partial charge in [-0.3, -0.25) is 9.59 Å². The first-order valence-corrected chi connectivity index (χ1v) is 9.97. The summed E-state index contributed by atoms with van der Waals surface area (Å²) in [6, 6.07) is 17.0. The minimum Gasteiger partial charge on any atom is -0.326 e. The van der Waals surface area contributed by atoms with Crippen LogP contribution in [0.15, 0.2) is 54.6 Å². The minimum atomic E-state index is -0.204. The van der Waals surface area contributed by atoms with Crippen molar-refractivity contribution in [2.24, 2.45) is 0 Å². The summed E-state index contributed by atoms with van der Waals surface area (Å²) in [6.45, 7) is 1.46. The van der Waals surface area contributed by atoms with Crippen molar-refractivity contribution in [2.75, 3.05) is 10.6 Å². The van der Waals surface area contributed by atoms with Crippen molar-refractivity contribution in [1.29, 1.82) is 0 Å². The van der Waals surface area contributed by atoms with Gasteiger partial charge in [0, 0.05) is 29.6 Å². The Balaban J connectivity index is 1.63. The normalized spacial score (nSPS) is 13.3. The Bertz CT molecular complexity index is 1020. The Morgan fingerprint density at radius 1 is 0.862 bits per heavy atom. The van der Waals surface area contributed by atoms with Crippen molar-refractivity contribution in [3.05, 3.63) is 71.5 Å². The molecule has 3 aromatic rings. The lowest BCUT2D eigenvalue weighted by atomic mass is 10.1. The summed E-state index contributed by atoms with van der Waals surface area (Å²) < 4.78 is 1.93. The maximum Gasteiger partial charge on any atom is 0.276 e. The molecule has 1 aliphatic carbocycles. The topological polar surface area (TPSA) is 76.0 Å². The molecule has 29 heavy (non-hydrogen) atoms. The van der Waals surface area contributed by atoms with Gasteiger partial charge in [-0.1, -0.05) is 24.6 Å². The highest BCUT2D eigenvalue weighted by Crippen LogP contribution is 2.27. The molecule has 0 saturated heterocycles. The van der Waals surface area contributed by atoms with Crippen LogP contribution in [-0.2, 0) is 17.6 Å². The second kappa shape index (κ2) is 8.31. The largest absolute Gasteiger partial charge is 0.326 e. The molecule has 2 N–H and O–H groups in total. The Morgan fingerprint density at radius 2 is 1.52 bits per heavy atom. The molecule has 1 heterocycles. The van der Waals surface area contributed by atoms with Gasteiger partial charge in [-0.25, -0.2) is 4.68 Å². The summed E-state index contributed by atoms with van der Waals surface area (Å²) >= 11 is 0. The Kier molecular flexibility index (Phi) is 5.42. The molecule has 0 unspecified atom stereocenters. The second-order valence-electron chi connectivity index (χ2n) is 7.29. The number of nitrogens with zero attached hydrogens (tertiary/aromatic N) is 2. The highest BCUT2D eigenvalue weighted by molar-refractivity contribution is 6.04. The number of nitrogens with one attached hydrogen (secondary N) is 2. The number of para-hydroxylation sites is 1. The number of rotatable bonds is 4. The van der Waals surface area contributed by atoms with E-state index in [0.29, 0.717) is 17.1 Å². The smallest absolute Gasteiger partial charge is 0.276 e. The average Bonchev–Trinajstić information content (AvgIpc) is 2.91. The van der Waals surface area contributed by atoms with Crippen molar-refractivity contribution in [2.45, 2.75) is 39.0 Å². The average molecular weight is 388 g/mol. The van der Waals surface area contributed by atoms with Gasteiger partial charge in [-0.2, -0.15) is 5.10 Å². The van der Waals surface area contributed by atoms with Crippen molar-refractivity contribution < 1.29 is 9.59 Å². The summed E-state index contributed by atoms with van der Waals surface area (Å²) in [5, 5.41) is 10.4. The standard InChI is InChI=1S/C23H24N4O2/c1-16(28)24-17-12-14-18(15-13-17)25-23(29)22-20-10-6-3-7-11-21(20)27(26-22)19-8-4-2-5-9-19/h2,4-5,8-9,12-15H,3,6-7,10-11H2,1H3,(H,24,28)(H,25,29). The molecule has 0 radical (unpaired) electrons. The van der Waals surface area contributed by atoms with Crippen LogP contribution in [0, 0.1) is 0 Å². The molecular weight excluding hydrogens is 364 g/mol. The van der Waals surface area contributed by atoms with Crippen LogP contribution in [-0.4, -0.2) is 21.6 Å². The maximum atomic E-state index is 13.0. The number of carbonyl (C=O) groups is 2. The van der Waals surface area contributed by atoms with E-state index < -0.39 is 0 Å². The van der Waals surface area contributed by atoms with Crippen molar-refractivity contribution in [1.82, 2.24) is 9.78 Å². The lowest BCUT2D eigenvalue weighted by Crippen LogP contribution is -2.15. The van der Waals surface area contributed by atoms with Crippen molar-refractivity contribution in [3.63, 3.8) is 0 Å². The van der Waals surface area contributed by atoms with Gasteiger partial charge >= 0.3 is 0 Å². The minimum absolute atomic E-state index is 0.129. The fourth-order valence-corrected chi connectivity index (χ4v) is 3.77. The van der Waals surface area contributed by atoms with Gasteiger partial charge in [-0.15, -0.1) is 0 Å². The fraction of sp³-hybridized carbons (Fsp3) is 0.261. The van der Waals surface area contributed by atoms with Gasteiger partial charge in [0.25, 0.3) is 5.91 Å². The quantitative estimate of drug-likeness (QED) is 0.653. The molecule has 1 aliphatic rings. The van der Waals surface area contributed by atoms with Crippen LogP contribution in [0.4, 0.5) is 11.4 Å². The van der Waals surface area contributed by atoms with E-state index in [2.05, 4.69) is 10.6 Å². The zero-order chi connectivity index (χ0) is 20.2. The van der Waals surface area contributed by atoms with Crippen molar-refractivity contribution in [3.8, 4) is 5.69 Å². The zero-order valence-corrected chi connectivity index (χ0v) is 16.4. The van der Waals surface area contributed by atoms with Crippen LogP contribution in [0.25, 0.3) is 5.69 Å². The number of benzene rings is 2. The lowest BCUT2D eigenvalue weighted by molar-refractivity contribution is -0.114. The predicted molar refractivity (Wildman–Crippen MR) is 114 cm³/mol. The maximum absolute atomic E-state index is 13.0. The summed E-state index contributed by atoms with van der Waals surface area (Å²) in [6.07, 6.45) is 5.13. The molecule has 2 aromatic carbocycles. The molecule has 148 valence electrons. The summed E-state index contributed by atoms with van der Waals surface area (Å²) in [5.74, 6) is -0.332. The van der Waals surface area contributed by atoms with E-state index in [0.717, 1.165) is 49.0 Å². The van der Waals surface area contributed by atoms with E-state index in [1.54, 1.807) is 24.3 Å². The van der Waals surface area contributed by atoms with Crippen LogP contribution in [0.3, 0.4) is 0 Å². The van der Waals surface area contributed by atoms with Crippen LogP contribution < -0.4 is 10.6 Å². The molecule has 0 saturated carbocycles. The first-order chi connectivity index (χ1) is 14.1. The van der Waals surface area contributed by atoms with E-state index in [4.69, 9.17) is 5.10 Å². The molecule has 1 aromatic heterocycles. The number of carbonyl (C=O) groups excluding carboxylic acids is 2. The predicted octanol–water partition coefficient (Wildman–Crippen LogP) is 4.35. The molecule has 0 atom stereocenters. The molecule has 0 bridgehead atoms. The van der Waals surface area contributed by atoms with E-state index in [1.165, 1.54) is 6.92 Å². The third-order valence-electron chi connectivity index (χ3n) is 5.11. The first-order valence-electron chi connectivity index (χ1n) is 9.97. The van der Waals surface area contributed by atoms with Gasteiger partial charge in [0.15, 0.2) is 5.69 Å². The fourth-order valence-electron chi connectivity index (χ4n) is 3.77. The van der Waals surface area contributed by atoms with Crippen LogP contribution in [0.5, 0.6) is 0 Å². The third-order valence-corrected chi connectivity index (χ3v) is 5.11. The number of aromatic nitrogens is 2. The number of fused-ring (bicyclic) bond motifs is 1. The molecule has 6 nitrogen and oxygen atoms in total. The number of hydrogen-bond donors (Lipinski definition) is 2. The molecule has 2 amide bonds. The molecule has 0 fully saturated rings. The van der Waals surface area contributed by atoms with Gasteiger partial charge in [0.1, 0.15) is 0 Å². The molecule has 0 spiro atoms. The van der Waals surface area contributed by atoms with Crippen LogP contribution >= 0.6 is 0 Å². The molecular formula is C23H24N4O2. The third kappa shape index (κ3) is 4.21. The summed E-state index contributed by atoms with van der Waals surface area (Å²) in [4.78, 5) is 24.2. The second-order valence-corrected chi connectivity index (χ2v) is 7.29. The van der Waals surface area contributed by atoms with Crippen LogP contribution in [0.1, 0.15) is 47.9 Å². The first kappa shape index (κ1) is 18.9. The molecule has 6 heteroatoms. The molecule has 4 rings (SSSR count). The van der Waals surface area contributed by atoms with Gasteiger partial charge in [-0.05, 0) is 62.1 Å². The highest BCUT2D eigenvalue weighted by Gasteiger charge is 2.24. The summed E-state index contributed by atoms with van der Waals surface area (Å²) in [7, 11) is 0. The van der Waals surface area contributed by atoms with Gasteiger partial charge < -0.3 is 10.6 Å². The number of hydrogen-bond acceptors (Lipinski definition) is 3. The molecule has 0 aliphatic heterocycles. The highest BCUT2D eigenvalue weighted by atomic mass is 16.2. The summed E-state index contributed by atoms with van der Waals surface area (Å²) in [5.41, 5.74) is 5.03. The SMILES string of the molecule is CC(=O)Nc1ccc(NC(=O)c2nn(-c3ccccc3)c3c2CCCCC3)cc1. The van der Waals surface area contributed by atoms with E-state index in [-0.39, 0.29) is 11.8 Å². The number of amides is 2. The Labute approximate surface area is 169 Å². The van der Waals surface area contributed by atoms with Crippen LogP contribution in [0.2, 0.25) is 0 Å². The van der Waals surface area contributed by atoms with E-state index in [9.17, 15) is 9.59 Å². The van der Waals surface area contributed by atoms with E-state index in [1.807, 2.05) is 35.0 Å².